The first kappa shape index (κ1) is 17.8. The first-order chi connectivity index (χ1) is 9.08. The molecular weight excluding hydrogens is 272 g/mol. The van der Waals surface area contributed by atoms with Crippen molar-refractivity contribution in [2.24, 2.45) is 17.8 Å². The van der Waals surface area contributed by atoms with E-state index in [4.69, 9.17) is 0 Å². The zero-order valence-electron chi connectivity index (χ0n) is 13.2. The minimum absolute atomic E-state index is 0. The van der Waals surface area contributed by atoms with Crippen LogP contribution in [0, 0.1) is 17.8 Å². The maximum atomic E-state index is 12.5. The van der Waals surface area contributed by atoms with Gasteiger partial charge in [-0.15, -0.1) is 12.4 Å². The molecule has 2 saturated heterocycles. The number of carbonyl (C=O) groups is 1. The van der Waals surface area contributed by atoms with Gasteiger partial charge in [-0.05, 0) is 63.5 Å². The molecule has 20 heavy (non-hydrogen) atoms. The van der Waals surface area contributed by atoms with Crippen molar-refractivity contribution in [3.05, 3.63) is 0 Å². The Hall–Kier alpha value is -0.280. The summed E-state index contributed by atoms with van der Waals surface area (Å²) in [4.78, 5) is 14.7. The number of nitrogens with one attached hydrogen (secondary N) is 1. The first-order valence-corrected chi connectivity index (χ1v) is 8.08. The molecule has 2 heterocycles. The van der Waals surface area contributed by atoms with E-state index >= 15 is 0 Å². The van der Waals surface area contributed by atoms with Crippen LogP contribution in [0.1, 0.15) is 52.9 Å². The number of rotatable bonds is 3. The maximum Gasteiger partial charge on any atom is 0.223 e. The van der Waals surface area contributed by atoms with Crippen molar-refractivity contribution in [3.8, 4) is 0 Å². The van der Waals surface area contributed by atoms with Crippen LogP contribution in [-0.2, 0) is 4.79 Å². The van der Waals surface area contributed by atoms with Crippen molar-refractivity contribution in [3.63, 3.8) is 0 Å². The summed E-state index contributed by atoms with van der Waals surface area (Å²) in [6, 6.07) is 0.445. The van der Waals surface area contributed by atoms with Crippen molar-refractivity contribution in [1.82, 2.24) is 10.2 Å². The fourth-order valence-corrected chi connectivity index (χ4v) is 3.56. The average molecular weight is 303 g/mol. The van der Waals surface area contributed by atoms with E-state index in [-0.39, 0.29) is 12.4 Å². The normalized spacial score (nSPS) is 32.4. The van der Waals surface area contributed by atoms with Gasteiger partial charge in [-0.3, -0.25) is 4.79 Å². The Kier molecular flexibility index (Phi) is 7.32. The van der Waals surface area contributed by atoms with Crippen LogP contribution in [0.3, 0.4) is 0 Å². The molecule has 1 amide bonds. The van der Waals surface area contributed by atoms with Gasteiger partial charge >= 0.3 is 0 Å². The Bertz CT molecular complexity index is 305. The Morgan fingerprint density at radius 1 is 1.30 bits per heavy atom. The third-order valence-electron chi connectivity index (χ3n) is 5.07. The zero-order chi connectivity index (χ0) is 13.8. The number of hydrogen-bond acceptors (Lipinski definition) is 2. The largest absolute Gasteiger partial charge is 0.340 e. The van der Waals surface area contributed by atoms with Gasteiger partial charge in [0.2, 0.25) is 5.91 Å². The highest BCUT2D eigenvalue weighted by Crippen LogP contribution is 2.26. The quantitative estimate of drug-likeness (QED) is 0.869. The molecule has 1 N–H and O–H groups in total. The summed E-state index contributed by atoms with van der Waals surface area (Å²) >= 11 is 0. The van der Waals surface area contributed by atoms with Gasteiger partial charge in [-0.25, -0.2) is 0 Å². The van der Waals surface area contributed by atoms with Crippen LogP contribution in [0.15, 0.2) is 0 Å². The number of amides is 1. The van der Waals surface area contributed by atoms with Crippen LogP contribution < -0.4 is 5.32 Å². The molecule has 2 aliphatic heterocycles. The molecule has 0 bridgehead atoms. The van der Waals surface area contributed by atoms with E-state index in [9.17, 15) is 4.79 Å². The molecule has 2 rings (SSSR count). The molecule has 0 spiro atoms. The third kappa shape index (κ3) is 4.63. The fourth-order valence-electron chi connectivity index (χ4n) is 3.56. The smallest absolute Gasteiger partial charge is 0.223 e. The van der Waals surface area contributed by atoms with E-state index in [1.807, 2.05) is 0 Å². The van der Waals surface area contributed by atoms with Gasteiger partial charge in [-0.1, -0.05) is 13.8 Å². The Labute approximate surface area is 130 Å². The van der Waals surface area contributed by atoms with Crippen LogP contribution in [0.2, 0.25) is 0 Å². The number of piperidine rings is 2. The minimum Gasteiger partial charge on any atom is -0.340 e. The molecule has 3 nitrogen and oxygen atoms in total. The summed E-state index contributed by atoms with van der Waals surface area (Å²) in [5.41, 5.74) is 0. The molecule has 0 aliphatic carbocycles. The van der Waals surface area contributed by atoms with E-state index in [1.165, 1.54) is 25.7 Å². The topological polar surface area (TPSA) is 32.3 Å². The van der Waals surface area contributed by atoms with Gasteiger partial charge in [-0.2, -0.15) is 0 Å². The Morgan fingerprint density at radius 3 is 2.70 bits per heavy atom. The average Bonchev–Trinajstić information content (AvgIpc) is 2.42. The van der Waals surface area contributed by atoms with Crippen LogP contribution in [-0.4, -0.2) is 36.5 Å². The summed E-state index contributed by atoms with van der Waals surface area (Å²) in [6.07, 6.45) is 5.73. The van der Waals surface area contributed by atoms with Gasteiger partial charge in [0.25, 0.3) is 0 Å². The van der Waals surface area contributed by atoms with Gasteiger partial charge in [0, 0.05) is 19.0 Å². The molecule has 4 unspecified atom stereocenters. The number of halogens is 1. The summed E-state index contributed by atoms with van der Waals surface area (Å²) < 4.78 is 0. The SMILES string of the molecule is CC1CCC(C)N(C(=O)CC(C)C2CCCNC2)C1.Cl. The first-order valence-electron chi connectivity index (χ1n) is 8.08. The fraction of sp³-hybridized carbons (Fsp3) is 0.938. The third-order valence-corrected chi connectivity index (χ3v) is 5.07. The lowest BCUT2D eigenvalue weighted by atomic mass is 9.84. The highest BCUT2D eigenvalue weighted by Gasteiger charge is 2.29. The summed E-state index contributed by atoms with van der Waals surface area (Å²) in [5, 5.41) is 3.46. The van der Waals surface area contributed by atoms with Crippen LogP contribution in [0.4, 0.5) is 0 Å². The second-order valence-corrected chi connectivity index (χ2v) is 6.87. The second kappa shape index (κ2) is 8.23. The second-order valence-electron chi connectivity index (χ2n) is 6.87. The van der Waals surface area contributed by atoms with Gasteiger partial charge in [0.15, 0.2) is 0 Å². The molecule has 118 valence electrons. The van der Waals surface area contributed by atoms with Gasteiger partial charge in [0.05, 0.1) is 0 Å². The Morgan fingerprint density at radius 2 is 2.05 bits per heavy atom. The molecule has 4 atom stereocenters. The number of nitrogens with zero attached hydrogens (tertiary/aromatic N) is 1. The number of hydrogen-bond donors (Lipinski definition) is 1. The molecule has 2 fully saturated rings. The molecule has 0 aromatic heterocycles. The molecule has 0 saturated carbocycles. The predicted octanol–water partition coefficient (Wildman–Crippen LogP) is 3.08. The highest BCUT2D eigenvalue weighted by molar-refractivity contribution is 5.85. The standard InChI is InChI=1S/C16H30N2O.ClH/c1-12-6-7-14(3)18(11-12)16(19)9-13(2)15-5-4-8-17-10-15;/h12-15,17H,4-11H2,1-3H3;1H. The Balaban J connectivity index is 0.00000200. The number of likely N-dealkylation sites (tertiary alicyclic amines) is 1. The zero-order valence-corrected chi connectivity index (χ0v) is 14.0. The summed E-state index contributed by atoms with van der Waals surface area (Å²) in [5.74, 6) is 2.27. The lowest BCUT2D eigenvalue weighted by Crippen LogP contribution is -2.46. The molecule has 4 heteroatoms. The van der Waals surface area contributed by atoms with Crippen molar-refractivity contribution < 1.29 is 4.79 Å². The summed E-state index contributed by atoms with van der Waals surface area (Å²) in [6.45, 7) is 9.94. The van der Waals surface area contributed by atoms with Crippen molar-refractivity contribution in [1.29, 1.82) is 0 Å². The van der Waals surface area contributed by atoms with E-state index < -0.39 is 0 Å². The van der Waals surface area contributed by atoms with E-state index in [0.717, 1.165) is 26.1 Å². The van der Waals surface area contributed by atoms with E-state index in [2.05, 4.69) is 31.0 Å². The predicted molar refractivity (Wildman–Crippen MR) is 86.2 cm³/mol. The molecule has 2 aliphatic rings. The minimum atomic E-state index is 0. The molecule has 0 aromatic carbocycles. The van der Waals surface area contributed by atoms with Crippen molar-refractivity contribution in [2.75, 3.05) is 19.6 Å². The lowest BCUT2D eigenvalue weighted by Gasteiger charge is -2.38. The van der Waals surface area contributed by atoms with Gasteiger partial charge in [0.1, 0.15) is 0 Å². The molecule has 0 aromatic rings. The van der Waals surface area contributed by atoms with Crippen molar-refractivity contribution in [2.45, 2.75) is 58.9 Å². The molecule has 0 radical (unpaired) electrons. The number of carbonyl (C=O) groups excluding carboxylic acids is 1. The van der Waals surface area contributed by atoms with Gasteiger partial charge < -0.3 is 10.2 Å². The van der Waals surface area contributed by atoms with Crippen LogP contribution >= 0.6 is 12.4 Å². The highest BCUT2D eigenvalue weighted by atomic mass is 35.5. The lowest BCUT2D eigenvalue weighted by molar-refractivity contribution is -0.136. The monoisotopic (exact) mass is 302 g/mol. The van der Waals surface area contributed by atoms with Crippen LogP contribution in [0.25, 0.3) is 0 Å². The molecular formula is C16H31ClN2O. The van der Waals surface area contributed by atoms with E-state index in [1.54, 1.807) is 0 Å². The van der Waals surface area contributed by atoms with Crippen molar-refractivity contribution >= 4 is 18.3 Å². The summed E-state index contributed by atoms with van der Waals surface area (Å²) in [7, 11) is 0. The van der Waals surface area contributed by atoms with Crippen LogP contribution in [0.5, 0.6) is 0 Å². The van der Waals surface area contributed by atoms with E-state index in [0.29, 0.717) is 29.7 Å². The maximum absolute atomic E-state index is 12.5.